The summed E-state index contributed by atoms with van der Waals surface area (Å²) in [7, 11) is 0. The third kappa shape index (κ3) is 27.0. The molecule has 16 N–H and O–H groups in total. The van der Waals surface area contributed by atoms with E-state index in [-0.39, 0.29) is 74.2 Å². The molecule has 1 saturated heterocycles. The summed E-state index contributed by atoms with van der Waals surface area (Å²) in [5.41, 5.74) is 6.90. The second kappa shape index (κ2) is 38.8. The highest BCUT2D eigenvalue weighted by Crippen LogP contribution is 2.16. The lowest BCUT2D eigenvalue weighted by Gasteiger charge is -2.29. The Morgan fingerprint density at radius 2 is 0.966 bits per heavy atom. The molecule has 0 unspecified atom stereocenters. The van der Waals surface area contributed by atoms with Gasteiger partial charge in [0.25, 0.3) is 0 Å². The number of amides is 10. The van der Waals surface area contributed by atoms with Crippen molar-refractivity contribution in [1.29, 1.82) is 0 Å². The fourth-order valence-electron chi connectivity index (χ4n) is 9.49. The third-order valence-corrected chi connectivity index (χ3v) is 15.2. The van der Waals surface area contributed by atoms with Gasteiger partial charge >= 0.3 is 11.9 Å². The van der Waals surface area contributed by atoms with Gasteiger partial charge in [0.2, 0.25) is 59.1 Å². The van der Waals surface area contributed by atoms with Crippen LogP contribution < -0.4 is 64.2 Å². The van der Waals surface area contributed by atoms with E-state index in [1.807, 2.05) is 0 Å². The van der Waals surface area contributed by atoms with Crippen LogP contribution in [-0.2, 0) is 70.4 Å². The van der Waals surface area contributed by atoms with Crippen molar-refractivity contribution in [2.75, 3.05) is 24.6 Å². The van der Waals surface area contributed by atoms with E-state index in [0.717, 1.165) is 6.42 Å². The zero-order valence-corrected chi connectivity index (χ0v) is 53.4. The molecule has 2 aromatic rings. The number of phenolic OH excluding ortho intramolecular Hbond substituents is 1. The molecule has 10 amide bonds. The van der Waals surface area contributed by atoms with Gasteiger partial charge in [-0.2, -0.15) is 25.3 Å². The zero-order chi connectivity index (χ0) is 66.5. The number of unbranched alkanes of at least 4 members (excludes halogenated alkanes) is 1. The number of rotatable bonds is 39. The first-order valence-electron chi connectivity index (χ1n) is 30.0. The molecule has 27 nitrogen and oxygen atoms in total. The molecule has 0 radical (unpaired) electrons. The van der Waals surface area contributed by atoms with Crippen molar-refractivity contribution in [3.63, 3.8) is 0 Å². The molecule has 29 heteroatoms. The summed E-state index contributed by atoms with van der Waals surface area (Å²) >= 11 is 8.38. The van der Waals surface area contributed by atoms with E-state index in [2.05, 4.69) is 83.7 Å². The number of nitrogens with two attached hydrogens (primary N) is 1. The van der Waals surface area contributed by atoms with E-state index in [1.165, 1.54) is 19.1 Å². The van der Waals surface area contributed by atoms with Crippen LogP contribution in [0, 0.1) is 17.8 Å². The molecule has 1 aliphatic rings. The largest absolute Gasteiger partial charge is 0.508 e. The number of thiol groups is 2. The minimum absolute atomic E-state index is 0.00255. The smallest absolute Gasteiger partial charge is 0.326 e. The van der Waals surface area contributed by atoms with Crippen LogP contribution in [0.4, 0.5) is 0 Å². The molecule has 3 rings (SSSR count). The zero-order valence-electron chi connectivity index (χ0n) is 51.6. The molecule has 0 aromatic heterocycles. The Kier molecular flexibility index (Phi) is 33.0. The highest BCUT2D eigenvalue weighted by atomic mass is 32.1. The first-order valence-corrected chi connectivity index (χ1v) is 31.3. The van der Waals surface area contributed by atoms with Crippen LogP contribution in [0.15, 0.2) is 54.6 Å². The standard InChI is InChI=1S/C60H92N12O15S2/c1-32(2)26-42(66-50(76)35(7)63-59(85)49(34(5)6)72-56(82)44(29-37-18-20-38(73)21-19-37)67-51(77)39-17-13-25-62-39)54(80)68-43(28-36-14-9-8-10-15-36)55(81)65-41(22-23-48(74)75)53(79)64-40(16-11-12-24-61)52(78)70-47(31-89)58(84)71-46(30-88)57(83)69-45(60(86)87)27-33(3)4/h8-10,14-15,18-21,32-35,39-47,49,62,73,88-89H,11-13,16-17,22-31,61H2,1-7H3,(H,63,85)(H,64,79)(H,65,81)(H,66,76)(H,67,77)(H,68,80)(H,69,83)(H,70,78)(H,71,84)(H,72,82)(H,74,75)(H,86,87)/t35-,39-,40-,41-,42-,43-,44-,45-,46-,47-,49-/m0/s1. The van der Waals surface area contributed by atoms with Gasteiger partial charge in [-0.3, -0.25) is 52.7 Å². The maximum Gasteiger partial charge on any atom is 0.326 e. The van der Waals surface area contributed by atoms with Gasteiger partial charge in [-0.25, -0.2) is 4.79 Å². The molecule has 0 spiro atoms. The number of nitrogens with one attached hydrogen (secondary N) is 11. The highest BCUT2D eigenvalue weighted by Gasteiger charge is 2.37. The Bertz CT molecular complexity index is 2700. The van der Waals surface area contributed by atoms with Crippen molar-refractivity contribution in [2.45, 2.75) is 186 Å². The molecule has 1 heterocycles. The van der Waals surface area contributed by atoms with Crippen molar-refractivity contribution in [3.8, 4) is 5.75 Å². The Balaban J connectivity index is 1.85. The van der Waals surface area contributed by atoms with Gasteiger partial charge in [0, 0.05) is 30.8 Å². The number of phenols is 1. The summed E-state index contributed by atoms with van der Waals surface area (Å²) < 4.78 is 0. The summed E-state index contributed by atoms with van der Waals surface area (Å²) in [6.45, 7) is 12.6. The number of aliphatic carboxylic acids is 2. The van der Waals surface area contributed by atoms with Crippen molar-refractivity contribution in [1.82, 2.24) is 58.5 Å². The number of benzene rings is 2. The topological polar surface area (TPSA) is 424 Å². The monoisotopic (exact) mass is 1280 g/mol. The number of carboxylic acid groups (broad SMARTS) is 2. The molecule has 494 valence electrons. The maximum absolute atomic E-state index is 14.5. The maximum atomic E-state index is 14.5. The molecule has 89 heavy (non-hydrogen) atoms. The Morgan fingerprint density at radius 1 is 0.517 bits per heavy atom. The highest BCUT2D eigenvalue weighted by molar-refractivity contribution is 7.80. The van der Waals surface area contributed by atoms with E-state index in [1.54, 1.807) is 84.0 Å². The van der Waals surface area contributed by atoms with Crippen LogP contribution in [0.1, 0.15) is 117 Å². The molecule has 2 aromatic carbocycles. The van der Waals surface area contributed by atoms with Crippen LogP contribution >= 0.6 is 25.3 Å². The summed E-state index contributed by atoms with van der Waals surface area (Å²) in [5, 5.41) is 58.3. The average Bonchev–Trinajstić information content (AvgIpc) is 2.70. The predicted molar refractivity (Wildman–Crippen MR) is 337 cm³/mol. The molecule has 11 atom stereocenters. The van der Waals surface area contributed by atoms with Gasteiger partial charge in [-0.1, -0.05) is 84.0 Å². The quantitative estimate of drug-likeness (QED) is 0.0296. The minimum Gasteiger partial charge on any atom is -0.508 e. The molecule has 1 fully saturated rings. The van der Waals surface area contributed by atoms with E-state index >= 15 is 0 Å². The van der Waals surface area contributed by atoms with Crippen LogP contribution in [0.3, 0.4) is 0 Å². The molecule has 0 saturated carbocycles. The second-order valence-corrected chi connectivity index (χ2v) is 24.1. The summed E-state index contributed by atoms with van der Waals surface area (Å²) in [5.74, 6) is -12.2. The molecule has 0 bridgehead atoms. The fraction of sp³-hybridized carbons (Fsp3) is 0.600. The molecule has 1 aliphatic heterocycles. The minimum atomic E-state index is -1.64. The lowest BCUT2D eigenvalue weighted by atomic mass is 9.99. The Hall–Kier alpha value is -7.50. The first kappa shape index (κ1) is 75.7. The van der Waals surface area contributed by atoms with E-state index in [0.29, 0.717) is 30.5 Å². The average molecular weight is 1290 g/mol. The Labute approximate surface area is 530 Å². The summed E-state index contributed by atoms with van der Waals surface area (Å²) in [4.78, 5) is 163. The van der Waals surface area contributed by atoms with Gasteiger partial charge in [0.05, 0.1) is 6.04 Å². The first-order chi connectivity index (χ1) is 42.1. The number of carbonyl (C=O) groups excluding carboxylic acids is 10. The van der Waals surface area contributed by atoms with Gasteiger partial charge in [0.15, 0.2) is 0 Å². The molecular weight excluding hydrogens is 1190 g/mol. The number of hydrogen-bond donors (Lipinski definition) is 17. The van der Waals surface area contributed by atoms with Crippen LogP contribution in [-0.4, -0.2) is 177 Å². The lowest BCUT2D eigenvalue weighted by molar-refractivity contribution is -0.142. The van der Waals surface area contributed by atoms with Crippen molar-refractivity contribution in [2.24, 2.45) is 23.5 Å². The van der Waals surface area contributed by atoms with Crippen molar-refractivity contribution >= 4 is 96.3 Å². The van der Waals surface area contributed by atoms with Crippen LogP contribution in [0.2, 0.25) is 0 Å². The number of carbonyl (C=O) groups is 12. The SMILES string of the molecule is CC(C)C[C@H](NC(=O)[C@H](CS)NC(=O)[C@H](CS)NC(=O)[C@H](CCCCN)NC(=O)[C@H](CCC(=O)O)NC(=O)[C@H](Cc1ccccc1)NC(=O)[C@H](CC(C)C)NC(=O)[C@H](C)NC(=O)[C@@H](NC(=O)[C@H](Cc1ccc(O)cc1)NC(=O)[C@@H]1CCCN1)C(C)C)C(=O)O. The number of hydrogen-bond acceptors (Lipinski definition) is 17. The van der Waals surface area contributed by atoms with Gasteiger partial charge in [0.1, 0.15) is 66.2 Å². The summed E-state index contributed by atoms with van der Waals surface area (Å²) in [6, 6.07) is 0.463. The van der Waals surface area contributed by atoms with Gasteiger partial charge < -0.3 is 79.5 Å². The number of aromatic hydroxyl groups is 1. The predicted octanol–water partition coefficient (Wildman–Crippen LogP) is -0.517. The molecular formula is C60H92N12O15S2. The molecule has 0 aliphatic carbocycles. The van der Waals surface area contributed by atoms with Crippen molar-refractivity contribution < 1.29 is 72.9 Å². The Morgan fingerprint density at radius 3 is 1.46 bits per heavy atom. The number of carboxylic acids is 2. The lowest BCUT2D eigenvalue weighted by Crippen LogP contribution is -2.61. The van der Waals surface area contributed by atoms with Gasteiger partial charge in [-0.05, 0) is 112 Å². The van der Waals surface area contributed by atoms with E-state index < -0.39 is 156 Å². The fourth-order valence-corrected chi connectivity index (χ4v) is 10.0. The normalized spacial score (nSPS) is 16.3. The van der Waals surface area contributed by atoms with Crippen molar-refractivity contribution in [3.05, 3.63) is 65.7 Å². The second-order valence-electron chi connectivity index (χ2n) is 23.3. The van der Waals surface area contributed by atoms with Crippen LogP contribution in [0.25, 0.3) is 0 Å². The van der Waals surface area contributed by atoms with E-state index in [9.17, 15) is 72.9 Å². The van der Waals surface area contributed by atoms with Gasteiger partial charge in [-0.15, -0.1) is 0 Å². The third-order valence-electron chi connectivity index (χ3n) is 14.5. The summed E-state index contributed by atoms with van der Waals surface area (Å²) in [6.07, 6.45) is 0.755. The van der Waals surface area contributed by atoms with E-state index in [4.69, 9.17) is 5.73 Å². The van der Waals surface area contributed by atoms with Crippen LogP contribution in [0.5, 0.6) is 5.75 Å².